The molecule has 0 aromatic heterocycles. The van der Waals surface area contributed by atoms with E-state index in [0.717, 1.165) is 39.0 Å². The number of nitrogens with one attached hydrogen (secondary N) is 1. The van der Waals surface area contributed by atoms with E-state index in [1.54, 1.807) is 0 Å². The third-order valence-electron chi connectivity index (χ3n) is 3.75. The van der Waals surface area contributed by atoms with Crippen molar-refractivity contribution in [1.82, 2.24) is 15.1 Å². The van der Waals surface area contributed by atoms with Crippen molar-refractivity contribution in [3.8, 4) is 0 Å². The molecular weight excluding hydrogens is 218 g/mol. The zero-order valence-electron chi connectivity index (χ0n) is 10.4. The number of hydrogen-bond donors (Lipinski definition) is 2. The summed E-state index contributed by atoms with van der Waals surface area (Å²) in [6, 6.07) is 0.387. The number of carbonyl (C=O) groups is 1. The van der Waals surface area contributed by atoms with E-state index in [0.29, 0.717) is 19.1 Å². The van der Waals surface area contributed by atoms with Crippen molar-refractivity contribution in [1.29, 1.82) is 0 Å². The molecular formula is C12H23N3O2. The number of nitrogens with zero attached hydrogens (tertiary/aromatic N) is 2. The lowest BCUT2D eigenvalue weighted by Crippen LogP contribution is -2.52. The molecule has 1 saturated carbocycles. The van der Waals surface area contributed by atoms with Crippen LogP contribution in [0.5, 0.6) is 0 Å². The molecule has 5 heteroatoms. The van der Waals surface area contributed by atoms with Gasteiger partial charge in [0.1, 0.15) is 0 Å². The van der Waals surface area contributed by atoms with E-state index in [1.165, 1.54) is 6.42 Å². The molecule has 0 bridgehead atoms. The summed E-state index contributed by atoms with van der Waals surface area (Å²) in [5.41, 5.74) is 0. The maximum atomic E-state index is 12.2. The zero-order chi connectivity index (χ0) is 12.1. The molecule has 1 amide bonds. The van der Waals surface area contributed by atoms with Crippen molar-refractivity contribution in [2.75, 3.05) is 45.9 Å². The van der Waals surface area contributed by atoms with Gasteiger partial charge in [0, 0.05) is 38.8 Å². The van der Waals surface area contributed by atoms with Crippen LogP contribution < -0.4 is 5.32 Å². The van der Waals surface area contributed by atoms with Crippen molar-refractivity contribution in [2.45, 2.75) is 25.3 Å². The van der Waals surface area contributed by atoms with Crippen LogP contribution in [0, 0.1) is 0 Å². The summed E-state index contributed by atoms with van der Waals surface area (Å²) < 4.78 is 0. The average molecular weight is 241 g/mol. The molecule has 1 heterocycles. The summed E-state index contributed by atoms with van der Waals surface area (Å²) in [6.45, 7) is 4.91. The Bertz CT molecular complexity index is 250. The van der Waals surface area contributed by atoms with Gasteiger partial charge in [-0.2, -0.15) is 0 Å². The summed E-state index contributed by atoms with van der Waals surface area (Å²) in [5, 5.41) is 12.3. The molecule has 0 aromatic rings. The van der Waals surface area contributed by atoms with Gasteiger partial charge in [0.2, 0.25) is 5.91 Å². The highest BCUT2D eigenvalue weighted by atomic mass is 16.3. The molecule has 2 rings (SSSR count). The number of carbonyl (C=O) groups excluding carboxylic acids is 1. The highest BCUT2D eigenvalue weighted by Gasteiger charge is 2.29. The van der Waals surface area contributed by atoms with Crippen molar-refractivity contribution in [2.24, 2.45) is 0 Å². The van der Waals surface area contributed by atoms with Gasteiger partial charge in [-0.25, -0.2) is 0 Å². The zero-order valence-corrected chi connectivity index (χ0v) is 10.4. The Hall–Kier alpha value is -0.650. The molecule has 0 spiro atoms. The van der Waals surface area contributed by atoms with Gasteiger partial charge < -0.3 is 15.3 Å². The first kappa shape index (κ1) is 12.8. The Balaban J connectivity index is 1.81. The van der Waals surface area contributed by atoms with Crippen LogP contribution in [0.3, 0.4) is 0 Å². The van der Waals surface area contributed by atoms with Gasteiger partial charge in [-0.05, 0) is 19.3 Å². The second kappa shape index (κ2) is 6.33. The monoisotopic (exact) mass is 241 g/mol. The highest BCUT2D eigenvalue weighted by molar-refractivity contribution is 5.78. The molecule has 2 aliphatic rings. The maximum absolute atomic E-state index is 12.2. The van der Waals surface area contributed by atoms with Gasteiger partial charge >= 0.3 is 0 Å². The first-order valence-electron chi connectivity index (χ1n) is 6.64. The lowest BCUT2D eigenvalue weighted by molar-refractivity contribution is -0.137. The van der Waals surface area contributed by atoms with Crippen molar-refractivity contribution < 1.29 is 9.90 Å². The fourth-order valence-electron chi connectivity index (χ4n) is 2.47. The average Bonchev–Trinajstić information content (AvgIpc) is 2.27. The normalized spacial score (nSPS) is 22.2. The SMILES string of the molecule is O=C(CN1CCNCC1)N(CCO)C1CCC1. The second-order valence-electron chi connectivity index (χ2n) is 4.92. The molecule has 0 aromatic carbocycles. The van der Waals surface area contributed by atoms with Crippen LogP contribution in [-0.2, 0) is 4.79 Å². The summed E-state index contributed by atoms with van der Waals surface area (Å²) in [5.74, 6) is 0.186. The fourth-order valence-corrected chi connectivity index (χ4v) is 2.47. The Morgan fingerprint density at radius 1 is 1.35 bits per heavy atom. The topological polar surface area (TPSA) is 55.8 Å². The smallest absolute Gasteiger partial charge is 0.237 e. The van der Waals surface area contributed by atoms with Crippen LogP contribution in [0.15, 0.2) is 0 Å². The standard InChI is InChI=1S/C12H23N3O2/c16-9-8-15(11-2-1-3-11)12(17)10-14-6-4-13-5-7-14/h11,13,16H,1-10H2. The van der Waals surface area contributed by atoms with Crippen LogP contribution >= 0.6 is 0 Å². The molecule has 2 fully saturated rings. The molecule has 0 atom stereocenters. The first-order valence-corrected chi connectivity index (χ1v) is 6.64. The number of rotatable bonds is 5. The number of hydrogen-bond acceptors (Lipinski definition) is 4. The van der Waals surface area contributed by atoms with E-state index in [2.05, 4.69) is 10.2 Å². The van der Waals surface area contributed by atoms with Gasteiger partial charge in [-0.1, -0.05) is 0 Å². The van der Waals surface area contributed by atoms with Gasteiger partial charge in [0.05, 0.1) is 13.2 Å². The molecule has 1 aliphatic heterocycles. The van der Waals surface area contributed by atoms with Gasteiger partial charge in [-0.15, -0.1) is 0 Å². The molecule has 2 N–H and O–H groups in total. The quantitative estimate of drug-likeness (QED) is 0.666. The molecule has 1 saturated heterocycles. The highest BCUT2D eigenvalue weighted by Crippen LogP contribution is 2.24. The number of aliphatic hydroxyl groups is 1. The van der Waals surface area contributed by atoms with Crippen molar-refractivity contribution in [3.05, 3.63) is 0 Å². The minimum absolute atomic E-state index is 0.0732. The van der Waals surface area contributed by atoms with E-state index in [4.69, 9.17) is 5.11 Å². The van der Waals surface area contributed by atoms with Gasteiger partial charge in [0.15, 0.2) is 0 Å². The summed E-state index contributed by atoms with van der Waals surface area (Å²) in [4.78, 5) is 16.3. The molecule has 0 radical (unpaired) electrons. The van der Waals surface area contributed by atoms with E-state index < -0.39 is 0 Å². The summed E-state index contributed by atoms with van der Waals surface area (Å²) in [7, 11) is 0. The lowest BCUT2D eigenvalue weighted by atomic mass is 9.91. The van der Waals surface area contributed by atoms with E-state index in [-0.39, 0.29) is 12.5 Å². The molecule has 98 valence electrons. The van der Waals surface area contributed by atoms with Gasteiger partial charge in [-0.3, -0.25) is 9.69 Å². The fraction of sp³-hybridized carbons (Fsp3) is 0.917. The molecule has 0 unspecified atom stereocenters. The number of aliphatic hydroxyl groups excluding tert-OH is 1. The summed E-state index contributed by atoms with van der Waals surface area (Å²) in [6.07, 6.45) is 3.42. The molecule has 17 heavy (non-hydrogen) atoms. The first-order chi connectivity index (χ1) is 8.31. The van der Waals surface area contributed by atoms with Crippen LogP contribution in [0.25, 0.3) is 0 Å². The van der Waals surface area contributed by atoms with Crippen LogP contribution in [-0.4, -0.2) is 72.7 Å². The Morgan fingerprint density at radius 3 is 2.59 bits per heavy atom. The summed E-state index contributed by atoms with van der Waals surface area (Å²) >= 11 is 0. The van der Waals surface area contributed by atoms with Crippen LogP contribution in [0.2, 0.25) is 0 Å². The minimum atomic E-state index is 0.0732. The predicted octanol–water partition coefficient (Wildman–Crippen LogP) is -0.735. The van der Waals surface area contributed by atoms with Crippen molar-refractivity contribution in [3.63, 3.8) is 0 Å². The molecule has 1 aliphatic carbocycles. The Morgan fingerprint density at radius 2 is 2.06 bits per heavy atom. The minimum Gasteiger partial charge on any atom is -0.395 e. The Kier molecular flexibility index (Phi) is 4.76. The molecule has 5 nitrogen and oxygen atoms in total. The third kappa shape index (κ3) is 3.40. The Labute approximate surface area is 103 Å². The van der Waals surface area contributed by atoms with E-state index in [9.17, 15) is 4.79 Å². The maximum Gasteiger partial charge on any atom is 0.237 e. The van der Waals surface area contributed by atoms with Crippen LogP contribution in [0.1, 0.15) is 19.3 Å². The lowest BCUT2D eigenvalue weighted by Gasteiger charge is -2.38. The van der Waals surface area contributed by atoms with E-state index in [1.807, 2.05) is 4.90 Å². The number of piperazine rings is 1. The second-order valence-corrected chi connectivity index (χ2v) is 4.92. The third-order valence-corrected chi connectivity index (χ3v) is 3.75. The largest absolute Gasteiger partial charge is 0.395 e. The van der Waals surface area contributed by atoms with Crippen LogP contribution in [0.4, 0.5) is 0 Å². The van der Waals surface area contributed by atoms with Gasteiger partial charge in [0.25, 0.3) is 0 Å². The number of amides is 1. The van der Waals surface area contributed by atoms with E-state index >= 15 is 0 Å². The predicted molar refractivity (Wildman–Crippen MR) is 65.7 cm³/mol. The van der Waals surface area contributed by atoms with Crippen molar-refractivity contribution >= 4 is 5.91 Å².